The molecule has 0 aliphatic heterocycles. The molecule has 0 aliphatic carbocycles. The van der Waals surface area contributed by atoms with Crippen LogP contribution in [0.25, 0.3) is 0 Å². The maximum atomic E-state index is 10.9. The molecule has 0 amide bonds. The minimum atomic E-state index is -0.262. The Morgan fingerprint density at radius 2 is 2.20 bits per heavy atom. The third-order valence-electron chi connectivity index (χ3n) is 2.17. The Hall–Kier alpha value is -0.690. The summed E-state index contributed by atoms with van der Waals surface area (Å²) in [4.78, 5) is 10.9. The van der Waals surface area contributed by atoms with Crippen LogP contribution >= 0.6 is 11.8 Å². The van der Waals surface area contributed by atoms with Gasteiger partial charge in [-0.2, -0.15) is 5.26 Å². The normalized spacial score (nSPS) is 14.0. The Morgan fingerprint density at radius 3 is 2.67 bits per heavy atom. The number of thiocyanates is 1. The van der Waals surface area contributed by atoms with Crippen LogP contribution in [0.1, 0.15) is 46.5 Å². The Kier molecular flexibility index (Phi) is 8.21. The summed E-state index contributed by atoms with van der Waals surface area (Å²) in [5, 5.41) is 10.7. The maximum absolute atomic E-state index is 10.9. The fourth-order valence-corrected chi connectivity index (χ4v) is 1.87. The molecule has 0 fully saturated rings. The zero-order valence-electron chi connectivity index (χ0n) is 9.66. The molecule has 15 heavy (non-hydrogen) atoms. The summed E-state index contributed by atoms with van der Waals surface area (Å²) >= 11 is 1.17. The summed E-state index contributed by atoms with van der Waals surface area (Å²) < 4.78 is 5.20. The van der Waals surface area contributed by atoms with Gasteiger partial charge >= 0.3 is 5.97 Å². The van der Waals surface area contributed by atoms with Crippen molar-refractivity contribution < 1.29 is 9.53 Å². The molecule has 0 aromatic rings. The highest BCUT2D eigenvalue weighted by Gasteiger charge is 2.20. The standard InChI is InChI=1S/C11H19NO2S/c1-4-5-6-7-11(14-10(3)13)9(2)15-8-12/h9,11H,4-7H2,1-3H3/t9-,11+/m1/s1. The molecular weight excluding hydrogens is 210 g/mol. The number of ether oxygens (including phenoxy) is 1. The summed E-state index contributed by atoms with van der Waals surface area (Å²) in [6.07, 6.45) is 4.06. The van der Waals surface area contributed by atoms with Crippen LogP contribution in [0.15, 0.2) is 0 Å². The Balaban J connectivity index is 4.05. The topological polar surface area (TPSA) is 50.1 Å². The van der Waals surface area contributed by atoms with Gasteiger partial charge in [-0.3, -0.25) is 4.79 Å². The first kappa shape index (κ1) is 14.3. The SMILES string of the molecule is CCCCC[C@H](OC(C)=O)[C@@H](C)SC#N. The molecule has 2 atom stereocenters. The highest BCUT2D eigenvalue weighted by Crippen LogP contribution is 2.20. The molecule has 3 nitrogen and oxygen atoms in total. The lowest BCUT2D eigenvalue weighted by Crippen LogP contribution is -2.26. The van der Waals surface area contributed by atoms with E-state index in [1.807, 2.05) is 12.3 Å². The number of nitriles is 1. The number of carbonyl (C=O) groups is 1. The molecule has 0 aromatic heterocycles. The number of unbranched alkanes of at least 4 members (excludes halogenated alkanes) is 2. The number of carbonyl (C=O) groups excluding carboxylic acids is 1. The second-order valence-electron chi connectivity index (χ2n) is 3.56. The van der Waals surface area contributed by atoms with E-state index >= 15 is 0 Å². The fraction of sp³-hybridized carbons (Fsp3) is 0.818. The third-order valence-corrected chi connectivity index (χ3v) is 2.95. The van der Waals surface area contributed by atoms with Crippen LogP contribution < -0.4 is 0 Å². The lowest BCUT2D eigenvalue weighted by molar-refractivity contribution is -0.146. The second-order valence-corrected chi connectivity index (χ2v) is 4.72. The van der Waals surface area contributed by atoms with Crippen molar-refractivity contribution in [2.45, 2.75) is 57.8 Å². The molecule has 86 valence electrons. The van der Waals surface area contributed by atoms with Crippen LogP contribution in [0.5, 0.6) is 0 Å². The summed E-state index contributed by atoms with van der Waals surface area (Å²) in [5.41, 5.74) is 0. The molecule has 0 rings (SSSR count). The van der Waals surface area contributed by atoms with Crippen molar-refractivity contribution in [1.29, 1.82) is 5.26 Å². The van der Waals surface area contributed by atoms with Gasteiger partial charge in [0.25, 0.3) is 0 Å². The van der Waals surface area contributed by atoms with Crippen LogP contribution in [0, 0.1) is 10.7 Å². The van der Waals surface area contributed by atoms with E-state index in [-0.39, 0.29) is 17.3 Å². The van der Waals surface area contributed by atoms with E-state index in [2.05, 4.69) is 6.92 Å². The molecule has 0 spiro atoms. The molecule has 0 saturated carbocycles. The molecule has 0 radical (unpaired) electrons. The van der Waals surface area contributed by atoms with Crippen molar-refractivity contribution in [3.63, 3.8) is 0 Å². The van der Waals surface area contributed by atoms with Crippen molar-refractivity contribution in [3.05, 3.63) is 0 Å². The van der Waals surface area contributed by atoms with Crippen LogP contribution in [0.3, 0.4) is 0 Å². The number of nitrogens with zero attached hydrogens (tertiary/aromatic N) is 1. The first-order valence-electron chi connectivity index (χ1n) is 5.33. The molecule has 4 heteroatoms. The molecule has 0 aromatic carbocycles. The van der Waals surface area contributed by atoms with Crippen molar-refractivity contribution in [3.8, 4) is 5.40 Å². The van der Waals surface area contributed by atoms with Crippen molar-refractivity contribution >= 4 is 17.7 Å². The van der Waals surface area contributed by atoms with Crippen molar-refractivity contribution in [2.24, 2.45) is 0 Å². The van der Waals surface area contributed by atoms with Gasteiger partial charge in [0.05, 0.1) is 5.25 Å². The summed E-state index contributed by atoms with van der Waals surface area (Å²) in [6, 6.07) is 0. The Morgan fingerprint density at radius 1 is 1.53 bits per heavy atom. The summed E-state index contributed by atoms with van der Waals surface area (Å²) in [7, 11) is 0. The minimum Gasteiger partial charge on any atom is -0.461 e. The third kappa shape index (κ3) is 7.26. The molecule has 0 bridgehead atoms. The highest BCUT2D eigenvalue weighted by molar-refractivity contribution is 8.04. The quantitative estimate of drug-likeness (QED) is 0.382. The zero-order valence-corrected chi connectivity index (χ0v) is 10.5. The molecule has 0 aliphatic rings. The average Bonchev–Trinajstić information content (AvgIpc) is 2.16. The summed E-state index contributed by atoms with van der Waals surface area (Å²) in [6.45, 7) is 5.47. The van der Waals surface area contributed by atoms with E-state index in [4.69, 9.17) is 10.00 Å². The largest absolute Gasteiger partial charge is 0.461 e. The molecular formula is C11H19NO2S. The number of thioether (sulfide) groups is 1. The predicted octanol–water partition coefficient (Wildman–Crippen LogP) is 3.10. The number of hydrogen-bond donors (Lipinski definition) is 0. The monoisotopic (exact) mass is 229 g/mol. The van der Waals surface area contributed by atoms with Crippen molar-refractivity contribution in [2.75, 3.05) is 0 Å². The van der Waals surface area contributed by atoms with E-state index in [1.165, 1.54) is 18.7 Å². The average molecular weight is 229 g/mol. The second kappa shape index (κ2) is 8.60. The van der Waals surface area contributed by atoms with E-state index in [1.54, 1.807) is 0 Å². The summed E-state index contributed by atoms with van der Waals surface area (Å²) in [5.74, 6) is -0.262. The van der Waals surface area contributed by atoms with E-state index in [9.17, 15) is 4.79 Å². The van der Waals surface area contributed by atoms with E-state index in [0.717, 1.165) is 25.7 Å². The first-order chi connectivity index (χ1) is 7.11. The van der Waals surface area contributed by atoms with Gasteiger partial charge in [0.15, 0.2) is 0 Å². The highest BCUT2D eigenvalue weighted by atomic mass is 32.2. The Labute approximate surface area is 96.2 Å². The lowest BCUT2D eigenvalue weighted by atomic mass is 10.1. The minimum absolute atomic E-state index is 0.0516. The maximum Gasteiger partial charge on any atom is 0.302 e. The first-order valence-corrected chi connectivity index (χ1v) is 6.21. The number of hydrogen-bond acceptors (Lipinski definition) is 4. The van der Waals surface area contributed by atoms with Gasteiger partial charge in [-0.1, -0.05) is 19.8 Å². The van der Waals surface area contributed by atoms with Gasteiger partial charge in [-0.25, -0.2) is 0 Å². The molecule has 0 unspecified atom stereocenters. The van der Waals surface area contributed by atoms with Gasteiger partial charge in [0.1, 0.15) is 11.5 Å². The van der Waals surface area contributed by atoms with Gasteiger partial charge < -0.3 is 4.74 Å². The lowest BCUT2D eigenvalue weighted by Gasteiger charge is -2.20. The van der Waals surface area contributed by atoms with Crippen LogP contribution in [0.2, 0.25) is 0 Å². The predicted molar refractivity (Wildman–Crippen MR) is 62.4 cm³/mol. The van der Waals surface area contributed by atoms with E-state index in [0.29, 0.717) is 0 Å². The number of esters is 1. The number of rotatable bonds is 7. The molecule has 0 heterocycles. The van der Waals surface area contributed by atoms with Crippen LogP contribution in [-0.2, 0) is 9.53 Å². The molecule has 0 N–H and O–H groups in total. The van der Waals surface area contributed by atoms with Gasteiger partial charge in [0.2, 0.25) is 0 Å². The van der Waals surface area contributed by atoms with Gasteiger partial charge in [-0.05, 0) is 31.5 Å². The Bertz CT molecular complexity index is 225. The van der Waals surface area contributed by atoms with Crippen LogP contribution in [-0.4, -0.2) is 17.3 Å². The zero-order chi connectivity index (χ0) is 11.7. The fourth-order valence-electron chi connectivity index (χ4n) is 1.36. The van der Waals surface area contributed by atoms with Gasteiger partial charge in [-0.15, -0.1) is 0 Å². The van der Waals surface area contributed by atoms with Gasteiger partial charge in [0, 0.05) is 6.92 Å². The smallest absolute Gasteiger partial charge is 0.302 e. The van der Waals surface area contributed by atoms with Crippen LogP contribution in [0.4, 0.5) is 0 Å². The molecule has 0 saturated heterocycles. The van der Waals surface area contributed by atoms with Crippen molar-refractivity contribution in [1.82, 2.24) is 0 Å². The van der Waals surface area contributed by atoms with E-state index < -0.39 is 0 Å².